The molecule has 0 bridgehead atoms. The average Bonchev–Trinajstić information content (AvgIpc) is 2.11. The number of aliphatic carboxylic acids is 1. The van der Waals surface area contributed by atoms with Gasteiger partial charge in [-0.25, -0.2) is 4.39 Å². The normalized spacial score (nSPS) is 12.5. The fourth-order valence-corrected chi connectivity index (χ4v) is 1.59. The largest absolute Gasteiger partial charge is 0.480 e. The summed E-state index contributed by atoms with van der Waals surface area (Å²) >= 11 is 1.85. The molecule has 0 unspecified atom stereocenters. The molecular formula is C9H9FINO2. The number of carboxylic acids is 1. The van der Waals surface area contributed by atoms with Crippen molar-refractivity contribution in [2.24, 2.45) is 5.73 Å². The van der Waals surface area contributed by atoms with E-state index < -0.39 is 12.0 Å². The summed E-state index contributed by atoms with van der Waals surface area (Å²) < 4.78 is 13.3. The predicted octanol–water partition coefficient (Wildman–Crippen LogP) is 1.38. The maximum absolute atomic E-state index is 12.8. The molecule has 0 amide bonds. The molecule has 1 aromatic carbocycles. The van der Waals surface area contributed by atoms with Crippen LogP contribution in [0.5, 0.6) is 0 Å². The molecule has 0 saturated heterocycles. The number of carbonyl (C=O) groups is 1. The second kappa shape index (κ2) is 4.70. The van der Waals surface area contributed by atoms with E-state index in [-0.39, 0.29) is 12.2 Å². The highest BCUT2D eigenvalue weighted by Gasteiger charge is 2.12. The van der Waals surface area contributed by atoms with Gasteiger partial charge in [0.2, 0.25) is 0 Å². The zero-order valence-electron chi connectivity index (χ0n) is 7.21. The van der Waals surface area contributed by atoms with E-state index in [1.54, 1.807) is 12.1 Å². The van der Waals surface area contributed by atoms with Crippen molar-refractivity contribution < 1.29 is 14.3 Å². The molecule has 0 aromatic heterocycles. The van der Waals surface area contributed by atoms with Crippen molar-refractivity contribution in [3.05, 3.63) is 33.1 Å². The van der Waals surface area contributed by atoms with Gasteiger partial charge in [-0.15, -0.1) is 0 Å². The molecule has 3 N–H and O–H groups in total. The molecule has 0 fully saturated rings. The summed E-state index contributed by atoms with van der Waals surface area (Å²) in [5.41, 5.74) is 6.07. The third-order valence-electron chi connectivity index (χ3n) is 1.76. The number of hydrogen-bond acceptors (Lipinski definition) is 2. The molecule has 5 heteroatoms. The lowest BCUT2D eigenvalue weighted by Gasteiger charge is -2.06. The lowest BCUT2D eigenvalue weighted by Crippen LogP contribution is -2.32. The Bertz CT molecular complexity index is 357. The Hall–Kier alpha value is -0.690. The number of nitrogens with two attached hydrogens (primary N) is 1. The molecule has 0 aliphatic carbocycles. The van der Waals surface area contributed by atoms with Crippen LogP contribution in [0.1, 0.15) is 5.56 Å². The van der Waals surface area contributed by atoms with Crippen LogP contribution in [-0.4, -0.2) is 17.1 Å². The van der Waals surface area contributed by atoms with Gasteiger partial charge in [0.1, 0.15) is 11.9 Å². The minimum absolute atomic E-state index is 0.214. The van der Waals surface area contributed by atoms with Crippen LogP contribution in [0.4, 0.5) is 4.39 Å². The fourth-order valence-electron chi connectivity index (χ4n) is 1.01. The van der Waals surface area contributed by atoms with Crippen LogP contribution in [0.25, 0.3) is 0 Å². The highest BCUT2D eigenvalue weighted by molar-refractivity contribution is 14.1. The van der Waals surface area contributed by atoms with Crippen LogP contribution in [0.15, 0.2) is 18.2 Å². The third-order valence-corrected chi connectivity index (χ3v) is 2.58. The van der Waals surface area contributed by atoms with E-state index in [9.17, 15) is 9.18 Å². The monoisotopic (exact) mass is 309 g/mol. The molecule has 0 saturated carbocycles. The second-order valence-electron chi connectivity index (χ2n) is 2.90. The van der Waals surface area contributed by atoms with Gasteiger partial charge >= 0.3 is 5.97 Å². The van der Waals surface area contributed by atoms with Gasteiger partial charge in [0.15, 0.2) is 0 Å². The molecule has 1 rings (SSSR count). The maximum Gasteiger partial charge on any atom is 0.320 e. The van der Waals surface area contributed by atoms with Crippen LogP contribution in [0, 0.1) is 9.39 Å². The molecule has 14 heavy (non-hydrogen) atoms. The number of carboxylic acid groups (broad SMARTS) is 1. The van der Waals surface area contributed by atoms with Crippen molar-refractivity contribution in [3.63, 3.8) is 0 Å². The van der Waals surface area contributed by atoms with Crippen molar-refractivity contribution in [2.45, 2.75) is 12.5 Å². The number of rotatable bonds is 3. The van der Waals surface area contributed by atoms with Crippen molar-refractivity contribution in [1.29, 1.82) is 0 Å². The summed E-state index contributed by atoms with van der Waals surface area (Å²) in [6.45, 7) is 0. The van der Waals surface area contributed by atoms with Crippen molar-refractivity contribution in [2.75, 3.05) is 0 Å². The van der Waals surface area contributed by atoms with Gasteiger partial charge in [-0.1, -0.05) is 6.07 Å². The van der Waals surface area contributed by atoms with Gasteiger partial charge in [0.05, 0.1) is 0 Å². The van der Waals surface area contributed by atoms with E-state index in [0.717, 1.165) is 5.56 Å². The Morgan fingerprint density at radius 3 is 2.79 bits per heavy atom. The lowest BCUT2D eigenvalue weighted by atomic mass is 10.1. The topological polar surface area (TPSA) is 63.3 Å². The van der Waals surface area contributed by atoms with Gasteiger partial charge in [-0.2, -0.15) is 0 Å². The Kier molecular flexibility index (Phi) is 3.82. The molecule has 0 aliphatic rings. The first-order valence-electron chi connectivity index (χ1n) is 3.93. The van der Waals surface area contributed by atoms with E-state index in [0.29, 0.717) is 3.57 Å². The average molecular weight is 309 g/mol. The van der Waals surface area contributed by atoms with Crippen LogP contribution >= 0.6 is 22.6 Å². The van der Waals surface area contributed by atoms with Gasteiger partial charge in [0, 0.05) is 3.57 Å². The predicted molar refractivity (Wildman–Crippen MR) is 58.4 cm³/mol. The molecular weight excluding hydrogens is 300 g/mol. The standard InChI is InChI=1S/C9H9FINO2/c10-6-2-1-5(3-7(6)11)4-8(12)9(13)14/h1-3,8H,4,12H2,(H,13,14)/t8-/m0/s1. The van der Waals surface area contributed by atoms with Gasteiger partial charge in [-0.05, 0) is 46.7 Å². The van der Waals surface area contributed by atoms with Crippen LogP contribution in [0.2, 0.25) is 0 Å². The van der Waals surface area contributed by atoms with E-state index >= 15 is 0 Å². The van der Waals surface area contributed by atoms with Gasteiger partial charge in [-0.3, -0.25) is 4.79 Å². The Morgan fingerprint density at radius 2 is 2.29 bits per heavy atom. The highest BCUT2D eigenvalue weighted by Crippen LogP contribution is 2.13. The molecule has 0 aliphatic heterocycles. The van der Waals surface area contributed by atoms with Crippen molar-refractivity contribution in [1.82, 2.24) is 0 Å². The first-order valence-corrected chi connectivity index (χ1v) is 5.01. The SMILES string of the molecule is N[C@@H](Cc1ccc(F)c(I)c1)C(=O)O. The lowest BCUT2D eigenvalue weighted by molar-refractivity contribution is -0.138. The Morgan fingerprint density at radius 1 is 1.64 bits per heavy atom. The molecule has 0 heterocycles. The summed E-state index contributed by atoms with van der Waals surface area (Å²) in [4.78, 5) is 10.5. The first kappa shape index (κ1) is 11.4. The third kappa shape index (κ3) is 2.91. The van der Waals surface area contributed by atoms with Crippen molar-refractivity contribution in [3.8, 4) is 0 Å². The van der Waals surface area contributed by atoms with Gasteiger partial charge < -0.3 is 10.8 Å². The van der Waals surface area contributed by atoms with Crippen LogP contribution in [0.3, 0.4) is 0 Å². The summed E-state index contributed by atoms with van der Waals surface area (Å²) in [5, 5.41) is 8.57. The van der Waals surface area contributed by atoms with Gasteiger partial charge in [0.25, 0.3) is 0 Å². The van der Waals surface area contributed by atoms with Crippen LogP contribution < -0.4 is 5.73 Å². The zero-order valence-corrected chi connectivity index (χ0v) is 9.36. The smallest absolute Gasteiger partial charge is 0.320 e. The maximum atomic E-state index is 12.8. The Labute approximate surface area is 94.2 Å². The summed E-state index contributed by atoms with van der Waals surface area (Å²) in [6, 6.07) is 3.52. The fraction of sp³-hybridized carbons (Fsp3) is 0.222. The minimum Gasteiger partial charge on any atom is -0.480 e. The Balaban J connectivity index is 2.78. The second-order valence-corrected chi connectivity index (χ2v) is 4.06. The van der Waals surface area contributed by atoms with E-state index in [2.05, 4.69) is 0 Å². The van der Waals surface area contributed by atoms with E-state index in [1.807, 2.05) is 22.6 Å². The molecule has 76 valence electrons. The number of benzene rings is 1. The van der Waals surface area contributed by atoms with E-state index in [1.165, 1.54) is 6.07 Å². The molecule has 1 aromatic rings. The highest BCUT2D eigenvalue weighted by atomic mass is 127. The van der Waals surface area contributed by atoms with Crippen LogP contribution in [-0.2, 0) is 11.2 Å². The van der Waals surface area contributed by atoms with E-state index in [4.69, 9.17) is 10.8 Å². The zero-order chi connectivity index (χ0) is 10.7. The molecule has 3 nitrogen and oxygen atoms in total. The first-order chi connectivity index (χ1) is 6.50. The summed E-state index contributed by atoms with van der Waals surface area (Å²) in [6.07, 6.45) is 0.214. The molecule has 1 atom stereocenters. The summed E-state index contributed by atoms with van der Waals surface area (Å²) in [5.74, 6) is -1.36. The summed E-state index contributed by atoms with van der Waals surface area (Å²) in [7, 11) is 0. The molecule has 0 spiro atoms. The quantitative estimate of drug-likeness (QED) is 0.829. The number of halogens is 2. The minimum atomic E-state index is -1.05. The van der Waals surface area contributed by atoms with Crippen molar-refractivity contribution >= 4 is 28.6 Å². The number of hydrogen-bond donors (Lipinski definition) is 2. The molecule has 0 radical (unpaired) electrons.